The molecule has 0 aliphatic heterocycles. The molecule has 4 nitrogen and oxygen atoms in total. The molecule has 108 valence electrons. The largest absolute Gasteiger partial charge is 0.356 e. The Morgan fingerprint density at radius 3 is 2.44 bits per heavy atom. The molecule has 0 aliphatic rings. The molecule has 0 rings (SSSR count). The van der Waals surface area contributed by atoms with Gasteiger partial charge in [0.1, 0.15) is 0 Å². The highest BCUT2D eigenvalue weighted by Crippen LogP contribution is 2.13. The quantitative estimate of drug-likeness (QED) is 0.583. The summed E-state index contributed by atoms with van der Waals surface area (Å²) >= 11 is 0. The van der Waals surface area contributed by atoms with Crippen molar-refractivity contribution in [3.8, 4) is 0 Å². The van der Waals surface area contributed by atoms with Gasteiger partial charge in [-0.2, -0.15) is 0 Å². The molecule has 0 aromatic rings. The average Bonchev–Trinajstić information content (AvgIpc) is 2.26. The number of carbonyl (C=O) groups excluding carboxylic acids is 1. The lowest BCUT2D eigenvalue weighted by molar-refractivity contribution is -0.122. The van der Waals surface area contributed by atoms with E-state index in [0.717, 1.165) is 32.4 Å². The zero-order valence-corrected chi connectivity index (χ0v) is 12.5. The minimum atomic E-state index is 0.149. The molecule has 1 atom stereocenters. The van der Waals surface area contributed by atoms with Gasteiger partial charge in [0, 0.05) is 13.0 Å². The number of carbonyl (C=O) groups is 1. The molecule has 0 bridgehead atoms. The molecular weight excluding hydrogens is 226 g/mol. The van der Waals surface area contributed by atoms with Crippen LogP contribution in [0.25, 0.3) is 0 Å². The van der Waals surface area contributed by atoms with Crippen LogP contribution in [0.5, 0.6) is 0 Å². The molecular formula is C14H31N3O. The van der Waals surface area contributed by atoms with Crippen LogP contribution in [-0.2, 0) is 4.79 Å². The van der Waals surface area contributed by atoms with Crippen LogP contribution in [0.15, 0.2) is 0 Å². The predicted molar refractivity (Wildman–Crippen MR) is 77.4 cm³/mol. The fourth-order valence-electron chi connectivity index (χ4n) is 2.04. The second kappa shape index (κ2) is 10.3. The monoisotopic (exact) mass is 257 g/mol. The molecule has 1 amide bonds. The van der Waals surface area contributed by atoms with Gasteiger partial charge in [0.15, 0.2) is 0 Å². The first-order valence-electron chi connectivity index (χ1n) is 7.07. The van der Waals surface area contributed by atoms with Gasteiger partial charge in [-0.3, -0.25) is 4.79 Å². The summed E-state index contributed by atoms with van der Waals surface area (Å²) in [5.74, 6) is 1.08. The Bertz CT molecular complexity index is 217. The van der Waals surface area contributed by atoms with Crippen molar-refractivity contribution in [3.05, 3.63) is 0 Å². The van der Waals surface area contributed by atoms with Gasteiger partial charge >= 0.3 is 0 Å². The van der Waals surface area contributed by atoms with Crippen molar-refractivity contribution >= 4 is 5.91 Å². The molecule has 0 saturated carbocycles. The van der Waals surface area contributed by atoms with Crippen molar-refractivity contribution in [3.63, 3.8) is 0 Å². The zero-order chi connectivity index (χ0) is 14.0. The van der Waals surface area contributed by atoms with E-state index >= 15 is 0 Å². The Labute approximate surface area is 112 Å². The van der Waals surface area contributed by atoms with Crippen molar-refractivity contribution in [2.75, 3.05) is 33.7 Å². The molecule has 0 spiro atoms. The minimum absolute atomic E-state index is 0.149. The van der Waals surface area contributed by atoms with Crippen molar-refractivity contribution < 1.29 is 4.79 Å². The molecule has 0 aromatic heterocycles. The summed E-state index contributed by atoms with van der Waals surface area (Å²) in [4.78, 5) is 13.9. The summed E-state index contributed by atoms with van der Waals surface area (Å²) in [7, 11) is 4.13. The summed E-state index contributed by atoms with van der Waals surface area (Å²) < 4.78 is 0. The third-order valence-electron chi connectivity index (χ3n) is 2.97. The lowest BCUT2D eigenvalue weighted by Gasteiger charge is -2.16. The van der Waals surface area contributed by atoms with Crippen LogP contribution in [0.2, 0.25) is 0 Å². The Morgan fingerprint density at radius 1 is 1.28 bits per heavy atom. The third kappa shape index (κ3) is 10.5. The molecule has 4 heteroatoms. The highest BCUT2D eigenvalue weighted by Gasteiger charge is 2.13. The molecule has 0 aliphatic carbocycles. The van der Waals surface area contributed by atoms with Crippen LogP contribution in [0.4, 0.5) is 0 Å². The first-order valence-corrected chi connectivity index (χ1v) is 7.07. The maximum atomic E-state index is 11.7. The van der Waals surface area contributed by atoms with Gasteiger partial charge in [-0.05, 0) is 58.3 Å². The third-order valence-corrected chi connectivity index (χ3v) is 2.97. The van der Waals surface area contributed by atoms with E-state index in [-0.39, 0.29) is 5.91 Å². The first kappa shape index (κ1) is 17.4. The smallest absolute Gasteiger partial charge is 0.220 e. The maximum absolute atomic E-state index is 11.7. The Kier molecular flexibility index (Phi) is 9.98. The summed E-state index contributed by atoms with van der Waals surface area (Å²) in [5.41, 5.74) is 5.69. The lowest BCUT2D eigenvalue weighted by atomic mass is 9.94. The van der Waals surface area contributed by atoms with E-state index in [9.17, 15) is 4.79 Å². The van der Waals surface area contributed by atoms with Gasteiger partial charge in [-0.1, -0.05) is 13.8 Å². The first-order chi connectivity index (χ1) is 8.45. The number of amides is 1. The Morgan fingerprint density at radius 2 is 1.94 bits per heavy atom. The van der Waals surface area contributed by atoms with Crippen LogP contribution < -0.4 is 11.1 Å². The molecule has 1 unspecified atom stereocenters. The summed E-state index contributed by atoms with van der Waals surface area (Å²) in [6.45, 7) is 6.80. The van der Waals surface area contributed by atoms with E-state index < -0.39 is 0 Å². The van der Waals surface area contributed by atoms with Crippen molar-refractivity contribution in [1.29, 1.82) is 0 Å². The minimum Gasteiger partial charge on any atom is -0.356 e. The topological polar surface area (TPSA) is 58.4 Å². The molecule has 0 radical (unpaired) electrons. The fourth-order valence-corrected chi connectivity index (χ4v) is 2.04. The molecule has 0 aromatic carbocycles. The van der Waals surface area contributed by atoms with Crippen LogP contribution in [0.3, 0.4) is 0 Å². The molecule has 0 saturated heterocycles. The second-order valence-corrected chi connectivity index (χ2v) is 5.80. The maximum Gasteiger partial charge on any atom is 0.220 e. The number of unbranched alkanes of at least 4 members (excludes halogenated alkanes) is 1. The van der Waals surface area contributed by atoms with E-state index in [2.05, 4.69) is 38.2 Å². The number of nitrogens with zero attached hydrogens (tertiary/aromatic N) is 1. The fraction of sp³-hybridized carbons (Fsp3) is 0.929. The van der Waals surface area contributed by atoms with Crippen molar-refractivity contribution in [2.24, 2.45) is 17.6 Å². The van der Waals surface area contributed by atoms with Crippen molar-refractivity contribution in [1.82, 2.24) is 10.2 Å². The lowest BCUT2D eigenvalue weighted by Crippen LogP contribution is -2.29. The average molecular weight is 257 g/mol. The molecule has 0 fully saturated rings. The molecule has 18 heavy (non-hydrogen) atoms. The summed E-state index contributed by atoms with van der Waals surface area (Å²) in [6, 6.07) is 0. The van der Waals surface area contributed by atoms with Gasteiger partial charge in [0.25, 0.3) is 0 Å². The van der Waals surface area contributed by atoms with Gasteiger partial charge in [0.2, 0.25) is 5.91 Å². The number of hydrogen-bond donors (Lipinski definition) is 2. The normalized spacial score (nSPS) is 13.1. The van der Waals surface area contributed by atoms with Crippen LogP contribution in [0, 0.1) is 11.8 Å². The van der Waals surface area contributed by atoms with Crippen LogP contribution in [0.1, 0.15) is 39.5 Å². The van der Waals surface area contributed by atoms with Gasteiger partial charge in [-0.15, -0.1) is 0 Å². The van der Waals surface area contributed by atoms with Gasteiger partial charge in [-0.25, -0.2) is 0 Å². The standard InChI is InChI=1S/C14H31N3O/c1-12(2)9-13(11-15)10-14(18)16-7-5-6-8-17(3)4/h12-13H,5-11,15H2,1-4H3,(H,16,18). The predicted octanol–water partition coefficient (Wildman–Crippen LogP) is 1.46. The van der Waals surface area contributed by atoms with E-state index in [1.807, 2.05) is 0 Å². The molecule has 3 N–H and O–H groups in total. The van der Waals surface area contributed by atoms with Gasteiger partial charge < -0.3 is 16.0 Å². The van der Waals surface area contributed by atoms with Crippen LogP contribution >= 0.6 is 0 Å². The highest BCUT2D eigenvalue weighted by atomic mass is 16.1. The number of nitrogens with two attached hydrogens (primary N) is 1. The van der Waals surface area contributed by atoms with E-state index in [1.165, 1.54) is 0 Å². The van der Waals surface area contributed by atoms with Crippen molar-refractivity contribution in [2.45, 2.75) is 39.5 Å². The second-order valence-electron chi connectivity index (χ2n) is 5.80. The summed E-state index contributed by atoms with van der Waals surface area (Å²) in [6.07, 6.45) is 3.77. The Hall–Kier alpha value is -0.610. The van der Waals surface area contributed by atoms with E-state index in [1.54, 1.807) is 0 Å². The van der Waals surface area contributed by atoms with E-state index in [0.29, 0.717) is 24.8 Å². The number of rotatable bonds is 10. The zero-order valence-electron chi connectivity index (χ0n) is 12.5. The highest BCUT2D eigenvalue weighted by molar-refractivity contribution is 5.76. The number of nitrogens with one attached hydrogen (secondary N) is 1. The summed E-state index contributed by atoms with van der Waals surface area (Å²) in [5, 5.41) is 2.98. The van der Waals surface area contributed by atoms with Crippen LogP contribution in [-0.4, -0.2) is 44.5 Å². The van der Waals surface area contributed by atoms with Gasteiger partial charge in [0.05, 0.1) is 0 Å². The number of hydrogen-bond acceptors (Lipinski definition) is 3. The molecule has 0 heterocycles. The van der Waals surface area contributed by atoms with E-state index in [4.69, 9.17) is 5.73 Å². The SMILES string of the molecule is CC(C)CC(CN)CC(=O)NCCCCN(C)C. The Balaban J connectivity index is 3.62.